The number of carbonyl (C=O) groups is 1. The smallest absolute Gasteiger partial charge is 0.294 e. The molecular formula is C9H17N3O4. The molecule has 0 aliphatic heterocycles. The molecule has 1 fully saturated rings. The molecule has 0 saturated heterocycles. The summed E-state index contributed by atoms with van der Waals surface area (Å²) >= 11 is 0. The van der Waals surface area contributed by atoms with Crippen molar-refractivity contribution in [1.29, 1.82) is 0 Å². The van der Waals surface area contributed by atoms with Crippen molar-refractivity contribution < 1.29 is 14.7 Å². The van der Waals surface area contributed by atoms with Crippen molar-refractivity contribution >= 4 is 5.91 Å². The van der Waals surface area contributed by atoms with E-state index < -0.39 is 11.1 Å². The quantitative estimate of drug-likeness (QED) is 0.521. The highest BCUT2D eigenvalue weighted by molar-refractivity contribution is 5.81. The number of hydrogen-bond donors (Lipinski definition) is 2. The number of carbonyl (C=O) groups excluding carboxylic acids is 1. The molecule has 0 bridgehead atoms. The summed E-state index contributed by atoms with van der Waals surface area (Å²) in [6.07, 6.45) is 2.22. The minimum Gasteiger partial charge on any atom is -0.352 e. The molecule has 1 amide bonds. The molecule has 0 aromatic rings. The van der Waals surface area contributed by atoms with Gasteiger partial charge in [0.15, 0.2) is 0 Å². The molecule has 0 aromatic heterocycles. The number of nitrogens with one attached hydrogen (secondary N) is 1. The molecule has 0 spiro atoms. The molecule has 1 atom stereocenters. The maximum absolute atomic E-state index is 11.3. The van der Waals surface area contributed by atoms with Crippen molar-refractivity contribution in [3.63, 3.8) is 0 Å². The summed E-state index contributed by atoms with van der Waals surface area (Å²) in [4.78, 5) is 25.9. The fourth-order valence-corrected chi connectivity index (χ4v) is 1.77. The summed E-state index contributed by atoms with van der Waals surface area (Å²) in [5.41, 5.74) is 5.42. The Hall–Kier alpha value is -1.37. The van der Waals surface area contributed by atoms with Gasteiger partial charge in [-0.15, -0.1) is 10.1 Å². The third kappa shape index (κ3) is 4.01. The van der Waals surface area contributed by atoms with Crippen LogP contribution in [0.5, 0.6) is 0 Å². The van der Waals surface area contributed by atoms with E-state index in [4.69, 9.17) is 5.73 Å². The van der Waals surface area contributed by atoms with Gasteiger partial charge in [0.2, 0.25) is 5.91 Å². The lowest BCUT2D eigenvalue weighted by atomic mass is 9.93. The van der Waals surface area contributed by atoms with Crippen molar-refractivity contribution in [3.8, 4) is 0 Å². The first-order chi connectivity index (χ1) is 7.49. The second-order valence-electron chi connectivity index (χ2n) is 4.10. The van der Waals surface area contributed by atoms with Gasteiger partial charge >= 0.3 is 0 Å². The Labute approximate surface area is 93.4 Å². The summed E-state index contributed by atoms with van der Waals surface area (Å²) in [6.45, 7) is 1.62. The minimum atomic E-state index is -0.758. The first kappa shape index (κ1) is 12.7. The van der Waals surface area contributed by atoms with Crippen LogP contribution in [0.15, 0.2) is 0 Å². The van der Waals surface area contributed by atoms with Crippen LogP contribution < -0.4 is 11.1 Å². The molecule has 7 nitrogen and oxygen atoms in total. The van der Waals surface area contributed by atoms with Gasteiger partial charge in [0.1, 0.15) is 6.10 Å². The molecule has 3 N–H and O–H groups in total. The van der Waals surface area contributed by atoms with Crippen molar-refractivity contribution in [2.45, 2.75) is 50.8 Å². The Morgan fingerprint density at radius 1 is 1.50 bits per heavy atom. The van der Waals surface area contributed by atoms with Crippen molar-refractivity contribution in [3.05, 3.63) is 10.1 Å². The van der Waals surface area contributed by atoms with Crippen LogP contribution in [0.3, 0.4) is 0 Å². The fraction of sp³-hybridized carbons (Fsp3) is 0.889. The fourth-order valence-electron chi connectivity index (χ4n) is 1.77. The van der Waals surface area contributed by atoms with E-state index in [-0.39, 0.29) is 18.1 Å². The minimum absolute atomic E-state index is 0.0603. The van der Waals surface area contributed by atoms with Crippen LogP contribution in [0.4, 0.5) is 0 Å². The summed E-state index contributed by atoms with van der Waals surface area (Å²) < 4.78 is 0. The maximum Gasteiger partial charge on any atom is 0.294 e. The highest BCUT2D eigenvalue weighted by Crippen LogP contribution is 2.21. The van der Waals surface area contributed by atoms with Gasteiger partial charge in [0.05, 0.1) is 6.04 Å². The molecule has 1 saturated carbocycles. The topological polar surface area (TPSA) is 107 Å². The molecule has 7 heteroatoms. The average molecular weight is 231 g/mol. The summed E-state index contributed by atoms with van der Waals surface area (Å²) in [7, 11) is 0. The molecule has 0 heterocycles. The van der Waals surface area contributed by atoms with E-state index in [9.17, 15) is 14.9 Å². The van der Waals surface area contributed by atoms with Crippen LogP contribution >= 0.6 is 0 Å². The lowest BCUT2D eigenvalue weighted by Gasteiger charge is -2.28. The van der Waals surface area contributed by atoms with Gasteiger partial charge in [-0.3, -0.25) is 4.79 Å². The number of amides is 1. The zero-order valence-electron chi connectivity index (χ0n) is 9.22. The second-order valence-corrected chi connectivity index (χ2v) is 4.10. The van der Waals surface area contributed by atoms with Crippen LogP contribution in [0.2, 0.25) is 0 Å². The molecule has 1 aliphatic rings. The summed E-state index contributed by atoms with van der Waals surface area (Å²) in [5.74, 6) is -0.182. The van der Waals surface area contributed by atoms with Gasteiger partial charge in [-0.1, -0.05) is 0 Å². The third-order valence-corrected chi connectivity index (χ3v) is 2.67. The predicted octanol–water partition coefficient (Wildman–Crippen LogP) is -0.0307. The zero-order chi connectivity index (χ0) is 12.1. The van der Waals surface area contributed by atoms with E-state index >= 15 is 0 Å². The van der Waals surface area contributed by atoms with E-state index in [0.29, 0.717) is 25.7 Å². The summed E-state index contributed by atoms with van der Waals surface area (Å²) in [5, 5.41) is 12.2. The number of rotatable bonds is 4. The Morgan fingerprint density at radius 2 is 2.06 bits per heavy atom. The molecule has 92 valence electrons. The van der Waals surface area contributed by atoms with Crippen molar-refractivity contribution in [2.24, 2.45) is 5.73 Å². The van der Waals surface area contributed by atoms with E-state index in [1.807, 2.05) is 0 Å². The first-order valence-electron chi connectivity index (χ1n) is 5.36. The number of nitrogens with zero attached hydrogens (tertiary/aromatic N) is 1. The number of hydrogen-bond acceptors (Lipinski definition) is 5. The average Bonchev–Trinajstić information content (AvgIpc) is 2.20. The van der Waals surface area contributed by atoms with E-state index in [1.165, 1.54) is 0 Å². The van der Waals surface area contributed by atoms with E-state index in [0.717, 1.165) is 0 Å². The lowest BCUT2D eigenvalue weighted by Crippen LogP contribution is -2.45. The van der Waals surface area contributed by atoms with Crippen LogP contribution in [0.25, 0.3) is 0 Å². The van der Waals surface area contributed by atoms with Crippen molar-refractivity contribution in [2.75, 3.05) is 0 Å². The Balaban J connectivity index is 2.27. The predicted molar refractivity (Wildman–Crippen MR) is 55.9 cm³/mol. The van der Waals surface area contributed by atoms with Crippen LogP contribution in [0.1, 0.15) is 32.6 Å². The SMILES string of the molecule is CC(N)C(=O)NC1CCC(O[N+](=O)[O-])CC1. The Morgan fingerprint density at radius 3 is 2.50 bits per heavy atom. The lowest BCUT2D eigenvalue weighted by molar-refractivity contribution is -0.769. The van der Waals surface area contributed by atoms with Gasteiger partial charge in [-0.2, -0.15) is 0 Å². The van der Waals surface area contributed by atoms with Crippen molar-refractivity contribution in [1.82, 2.24) is 5.32 Å². The molecule has 1 rings (SSSR count). The van der Waals surface area contributed by atoms with Crippen LogP contribution in [-0.2, 0) is 9.63 Å². The van der Waals surface area contributed by atoms with Gasteiger partial charge < -0.3 is 15.9 Å². The van der Waals surface area contributed by atoms with Gasteiger partial charge in [0.25, 0.3) is 5.09 Å². The highest BCUT2D eigenvalue weighted by Gasteiger charge is 2.25. The van der Waals surface area contributed by atoms with Gasteiger partial charge in [-0.05, 0) is 32.6 Å². The summed E-state index contributed by atoms with van der Waals surface area (Å²) in [6, 6.07) is -0.460. The normalized spacial score (nSPS) is 26.9. The standard InChI is InChI=1S/C9H17N3O4/c1-6(10)9(13)11-7-2-4-8(5-3-7)16-12(14)15/h6-8H,2-5,10H2,1H3,(H,11,13). The Kier molecular flexibility index (Phi) is 4.48. The molecule has 0 radical (unpaired) electrons. The van der Waals surface area contributed by atoms with E-state index in [2.05, 4.69) is 10.2 Å². The molecule has 0 aromatic carbocycles. The first-order valence-corrected chi connectivity index (χ1v) is 5.36. The third-order valence-electron chi connectivity index (χ3n) is 2.67. The molecular weight excluding hydrogens is 214 g/mol. The molecule has 1 aliphatic carbocycles. The largest absolute Gasteiger partial charge is 0.352 e. The van der Waals surface area contributed by atoms with E-state index in [1.54, 1.807) is 6.92 Å². The maximum atomic E-state index is 11.3. The zero-order valence-corrected chi connectivity index (χ0v) is 9.22. The molecule has 16 heavy (non-hydrogen) atoms. The van der Waals surface area contributed by atoms with Gasteiger partial charge in [0, 0.05) is 6.04 Å². The second kappa shape index (κ2) is 5.64. The molecule has 1 unspecified atom stereocenters. The monoisotopic (exact) mass is 231 g/mol. The highest BCUT2D eigenvalue weighted by atomic mass is 17.0. The van der Waals surface area contributed by atoms with Crippen LogP contribution in [0, 0.1) is 10.1 Å². The van der Waals surface area contributed by atoms with Crippen LogP contribution in [-0.4, -0.2) is 29.2 Å². The number of nitrogens with two attached hydrogens (primary N) is 1. The van der Waals surface area contributed by atoms with Gasteiger partial charge in [-0.25, -0.2) is 0 Å². The Bertz CT molecular complexity index is 261.